The molecule has 1 aromatic rings. The Hall–Kier alpha value is -1.60. The highest BCUT2D eigenvalue weighted by molar-refractivity contribution is 5.31. The summed E-state index contributed by atoms with van der Waals surface area (Å²) in [6, 6.07) is 6.71. The quantitative estimate of drug-likeness (QED) is 0.843. The fraction of sp³-hybridized carbons (Fsp3) is 0.500. The van der Waals surface area contributed by atoms with Crippen molar-refractivity contribution in [3.8, 4) is 11.8 Å². The van der Waals surface area contributed by atoms with E-state index >= 15 is 0 Å². The summed E-state index contributed by atoms with van der Waals surface area (Å²) < 4.78 is 19.2. The molecule has 0 bridgehead atoms. The standard InChI is InChI=1S/C14H19FN2O/c1-4-11(9-16)18-12-6-7-13(14(15)8-12)10(3)17-5-2/h6-8,10-11,17H,4-5H2,1-3H3. The molecule has 18 heavy (non-hydrogen) atoms. The summed E-state index contributed by atoms with van der Waals surface area (Å²) in [6.45, 7) is 6.52. The lowest BCUT2D eigenvalue weighted by molar-refractivity contribution is 0.250. The third kappa shape index (κ3) is 3.71. The smallest absolute Gasteiger partial charge is 0.184 e. The molecule has 0 aliphatic heterocycles. The van der Waals surface area contributed by atoms with E-state index in [1.165, 1.54) is 6.07 Å². The first kappa shape index (κ1) is 14.5. The van der Waals surface area contributed by atoms with Gasteiger partial charge in [-0.15, -0.1) is 0 Å². The van der Waals surface area contributed by atoms with Gasteiger partial charge in [0.1, 0.15) is 17.6 Å². The molecular formula is C14H19FN2O. The molecule has 2 atom stereocenters. The second-order valence-corrected chi connectivity index (χ2v) is 4.11. The summed E-state index contributed by atoms with van der Waals surface area (Å²) in [5.74, 6) is 0.0853. The van der Waals surface area contributed by atoms with Gasteiger partial charge in [0.25, 0.3) is 0 Å². The van der Waals surface area contributed by atoms with E-state index in [9.17, 15) is 4.39 Å². The summed E-state index contributed by atoms with van der Waals surface area (Å²) in [7, 11) is 0. The maximum Gasteiger partial charge on any atom is 0.184 e. The van der Waals surface area contributed by atoms with Crippen LogP contribution in [0.2, 0.25) is 0 Å². The van der Waals surface area contributed by atoms with Crippen molar-refractivity contribution < 1.29 is 9.13 Å². The molecule has 3 nitrogen and oxygen atoms in total. The van der Waals surface area contributed by atoms with Gasteiger partial charge in [0.2, 0.25) is 0 Å². The maximum atomic E-state index is 13.9. The number of nitrogens with zero attached hydrogens (tertiary/aromatic N) is 1. The number of hydrogen-bond donors (Lipinski definition) is 1. The van der Waals surface area contributed by atoms with Gasteiger partial charge in [-0.1, -0.05) is 19.9 Å². The van der Waals surface area contributed by atoms with Crippen molar-refractivity contribution in [2.24, 2.45) is 0 Å². The third-order valence-electron chi connectivity index (χ3n) is 2.74. The Kier molecular flexibility index (Phi) is 5.60. The summed E-state index contributed by atoms with van der Waals surface area (Å²) in [4.78, 5) is 0. The fourth-order valence-electron chi connectivity index (χ4n) is 1.71. The third-order valence-corrected chi connectivity index (χ3v) is 2.74. The van der Waals surface area contributed by atoms with E-state index in [2.05, 4.69) is 5.32 Å². The Morgan fingerprint density at radius 3 is 2.67 bits per heavy atom. The average molecular weight is 250 g/mol. The van der Waals surface area contributed by atoms with Gasteiger partial charge in [-0.05, 0) is 26.0 Å². The van der Waals surface area contributed by atoms with Crippen molar-refractivity contribution in [1.29, 1.82) is 5.26 Å². The topological polar surface area (TPSA) is 45.0 Å². The SMILES string of the molecule is CCNC(C)c1ccc(OC(C#N)CC)cc1F. The normalized spacial score (nSPS) is 13.7. The van der Waals surface area contributed by atoms with Crippen molar-refractivity contribution in [2.75, 3.05) is 6.54 Å². The van der Waals surface area contributed by atoms with Crippen LogP contribution in [0.3, 0.4) is 0 Å². The first-order valence-corrected chi connectivity index (χ1v) is 6.21. The lowest BCUT2D eigenvalue weighted by atomic mass is 10.1. The van der Waals surface area contributed by atoms with Crippen molar-refractivity contribution >= 4 is 0 Å². The van der Waals surface area contributed by atoms with Gasteiger partial charge < -0.3 is 10.1 Å². The summed E-state index contributed by atoms with van der Waals surface area (Å²) >= 11 is 0. The molecule has 98 valence electrons. The first-order chi connectivity index (χ1) is 8.62. The van der Waals surface area contributed by atoms with Gasteiger partial charge in [-0.2, -0.15) is 5.26 Å². The molecule has 1 aromatic carbocycles. The van der Waals surface area contributed by atoms with Gasteiger partial charge in [-0.3, -0.25) is 0 Å². The Morgan fingerprint density at radius 2 is 2.17 bits per heavy atom. The highest BCUT2D eigenvalue weighted by atomic mass is 19.1. The molecule has 2 unspecified atom stereocenters. The van der Waals surface area contributed by atoms with Gasteiger partial charge in [0.15, 0.2) is 6.10 Å². The monoisotopic (exact) mass is 250 g/mol. The zero-order valence-electron chi connectivity index (χ0n) is 11.0. The van der Waals surface area contributed by atoms with Crippen LogP contribution >= 0.6 is 0 Å². The largest absolute Gasteiger partial charge is 0.475 e. The van der Waals surface area contributed by atoms with Gasteiger partial charge in [0.05, 0.1) is 0 Å². The van der Waals surface area contributed by atoms with Crippen LogP contribution < -0.4 is 10.1 Å². The summed E-state index contributed by atoms with van der Waals surface area (Å²) in [6.07, 6.45) is 0.0506. The Labute approximate surface area is 108 Å². The van der Waals surface area contributed by atoms with E-state index in [0.717, 1.165) is 6.54 Å². The van der Waals surface area contributed by atoms with Crippen LogP contribution in [-0.2, 0) is 0 Å². The van der Waals surface area contributed by atoms with Gasteiger partial charge in [0, 0.05) is 17.7 Å². The van der Waals surface area contributed by atoms with Crippen molar-refractivity contribution in [3.05, 3.63) is 29.6 Å². The van der Waals surface area contributed by atoms with E-state index in [1.54, 1.807) is 12.1 Å². The molecule has 0 aliphatic carbocycles. The molecule has 0 saturated heterocycles. The maximum absolute atomic E-state index is 13.9. The predicted octanol–water partition coefficient (Wildman–Crippen LogP) is 3.18. The zero-order chi connectivity index (χ0) is 13.5. The summed E-state index contributed by atoms with van der Waals surface area (Å²) in [5, 5.41) is 11.9. The Morgan fingerprint density at radius 1 is 1.44 bits per heavy atom. The van der Waals surface area contributed by atoms with Crippen LogP contribution in [0.1, 0.15) is 38.8 Å². The molecule has 0 amide bonds. The van der Waals surface area contributed by atoms with Crippen LogP contribution in [-0.4, -0.2) is 12.6 Å². The van der Waals surface area contributed by atoms with Crippen LogP contribution in [0.4, 0.5) is 4.39 Å². The minimum atomic E-state index is -0.526. The molecule has 0 spiro atoms. The lowest BCUT2D eigenvalue weighted by Crippen LogP contribution is -2.19. The second kappa shape index (κ2) is 6.97. The minimum Gasteiger partial charge on any atom is -0.475 e. The van der Waals surface area contributed by atoms with Gasteiger partial charge in [-0.25, -0.2) is 4.39 Å². The number of nitriles is 1. The van der Waals surface area contributed by atoms with Crippen LogP contribution in [0.15, 0.2) is 18.2 Å². The second-order valence-electron chi connectivity index (χ2n) is 4.11. The fourth-order valence-corrected chi connectivity index (χ4v) is 1.71. The molecule has 0 aromatic heterocycles. The molecule has 0 aliphatic rings. The number of hydrogen-bond acceptors (Lipinski definition) is 3. The van der Waals surface area contributed by atoms with Crippen molar-refractivity contribution in [3.63, 3.8) is 0 Å². The predicted molar refractivity (Wildman–Crippen MR) is 68.8 cm³/mol. The lowest BCUT2D eigenvalue weighted by Gasteiger charge is -2.15. The number of benzene rings is 1. The Bertz CT molecular complexity index is 428. The number of nitrogens with one attached hydrogen (secondary N) is 1. The first-order valence-electron chi connectivity index (χ1n) is 6.21. The molecule has 0 radical (unpaired) electrons. The number of halogens is 1. The average Bonchev–Trinajstić information content (AvgIpc) is 2.36. The zero-order valence-corrected chi connectivity index (χ0v) is 11.0. The summed E-state index contributed by atoms with van der Waals surface area (Å²) in [5.41, 5.74) is 0.606. The highest BCUT2D eigenvalue weighted by Crippen LogP contribution is 2.22. The van der Waals surface area contributed by atoms with Crippen LogP contribution in [0, 0.1) is 17.1 Å². The van der Waals surface area contributed by atoms with Crippen molar-refractivity contribution in [2.45, 2.75) is 39.3 Å². The molecule has 1 rings (SSSR count). The van der Waals surface area contributed by atoms with E-state index in [4.69, 9.17) is 10.00 Å². The van der Waals surface area contributed by atoms with E-state index < -0.39 is 6.10 Å². The van der Waals surface area contributed by atoms with Crippen LogP contribution in [0.25, 0.3) is 0 Å². The molecule has 0 fully saturated rings. The molecule has 0 saturated carbocycles. The number of rotatable bonds is 6. The Balaban J connectivity index is 2.82. The van der Waals surface area contributed by atoms with Crippen LogP contribution in [0.5, 0.6) is 5.75 Å². The minimum absolute atomic E-state index is 0.0398. The molecule has 0 heterocycles. The molecular weight excluding hydrogens is 231 g/mol. The molecule has 4 heteroatoms. The molecule has 1 N–H and O–H groups in total. The van der Waals surface area contributed by atoms with E-state index in [0.29, 0.717) is 17.7 Å². The highest BCUT2D eigenvalue weighted by Gasteiger charge is 2.12. The van der Waals surface area contributed by atoms with Gasteiger partial charge >= 0.3 is 0 Å². The van der Waals surface area contributed by atoms with Crippen molar-refractivity contribution in [1.82, 2.24) is 5.32 Å². The number of ether oxygens (including phenoxy) is 1. The van der Waals surface area contributed by atoms with E-state index in [-0.39, 0.29) is 11.9 Å². The van der Waals surface area contributed by atoms with E-state index in [1.807, 2.05) is 26.8 Å².